The zero-order valence-corrected chi connectivity index (χ0v) is 13.0. The second kappa shape index (κ2) is 5.64. The van der Waals surface area contributed by atoms with E-state index in [0.717, 1.165) is 5.82 Å². The van der Waals surface area contributed by atoms with E-state index < -0.39 is 0 Å². The van der Waals surface area contributed by atoms with Gasteiger partial charge in [0.15, 0.2) is 0 Å². The van der Waals surface area contributed by atoms with Crippen molar-refractivity contribution in [3.05, 3.63) is 23.9 Å². The third-order valence-corrected chi connectivity index (χ3v) is 4.76. The van der Waals surface area contributed by atoms with E-state index in [1.165, 1.54) is 25.7 Å². The van der Waals surface area contributed by atoms with Gasteiger partial charge >= 0.3 is 0 Å². The van der Waals surface area contributed by atoms with Gasteiger partial charge in [-0.3, -0.25) is 4.79 Å². The molecule has 2 fully saturated rings. The van der Waals surface area contributed by atoms with Gasteiger partial charge in [0.05, 0.1) is 5.56 Å². The predicted molar refractivity (Wildman–Crippen MR) is 83.6 cm³/mol. The second-order valence-corrected chi connectivity index (χ2v) is 6.48. The second-order valence-electron chi connectivity index (χ2n) is 6.48. The molecule has 3 heterocycles. The summed E-state index contributed by atoms with van der Waals surface area (Å²) in [6.07, 6.45) is 6.67. The molecule has 3 rings (SSSR count). The summed E-state index contributed by atoms with van der Waals surface area (Å²) in [7, 11) is 5.63. The summed E-state index contributed by atoms with van der Waals surface area (Å²) in [5.74, 6) is 0.952. The molecule has 2 unspecified atom stereocenters. The first-order chi connectivity index (χ1) is 10.0. The van der Waals surface area contributed by atoms with Crippen LogP contribution < -0.4 is 10.2 Å². The molecular weight excluding hydrogens is 264 g/mol. The molecule has 5 heteroatoms. The number of carbonyl (C=O) groups is 1. The summed E-state index contributed by atoms with van der Waals surface area (Å²) in [6, 6.07) is 5.72. The Labute approximate surface area is 126 Å². The van der Waals surface area contributed by atoms with Crippen molar-refractivity contribution in [1.82, 2.24) is 15.2 Å². The molecule has 0 aliphatic carbocycles. The average molecular weight is 288 g/mol. The zero-order valence-electron chi connectivity index (χ0n) is 13.0. The number of pyridine rings is 1. The number of aromatic nitrogens is 1. The molecule has 21 heavy (non-hydrogen) atoms. The summed E-state index contributed by atoms with van der Waals surface area (Å²) in [4.78, 5) is 20.2. The van der Waals surface area contributed by atoms with E-state index >= 15 is 0 Å². The van der Waals surface area contributed by atoms with E-state index in [2.05, 4.69) is 22.2 Å². The Morgan fingerprint density at radius 2 is 1.86 bits per heavy atom. The summed E-state index contributed by atoms with van der Waals surface area (Å²) >= 11 is 0. The van der Waals surface area contributed by atoms with Crippen LogP contribution in [-0.4, -0.2) is 55.1 Å². The van der Waals surface area contributed by atoms with Crippen molar-refractivity contribution >= 4 is 11.7 Å². The van der Waals surface area contributed by atoms with Gasteiger partial charge in [0, 0.05) is 45.5 Å². The normalized spacial score (nSPS) is 27.5. The SMILES string of the molecule is CN(C)C(=O)c1ccc(N(C)C2CC3CCC(C2)N3)nc1. The van der Waals surface area contributed by atoms with Crippen LogP contribution in [0.5, 0.6) is 0 Å². The Hall–Kier alpha value is -1.62. The molecular formula is C16H24N4O. The first kappa shape index (κ1) is 14.3. The maximum Gasteiger partial charge on any atom is 0.254 e. The van der Waals surface area contributed by atoms with Crippen LogP contribution >= 0.6 is 0 Å². The molecule has 2 aliphatic rings. The van der Waals surface area contributed by atoms with Gasteiger partial charge < -0.3 is 15.1 Å². The molecule has 1 aromatic rings. The number of nitrogens with one attached hydrogen (secondary N) is 1. The van der Waals surface area contributed by atoms with E-state index in [1.807, 2.05) is 12.1 Å². The Balaban J connectivity index is 1.70. The lowest BCUT2D eigenvalue weighted by atomic mass is 9.98. The molecule has 2 aliphatic heterocycles. The topological polar surface area (TPSA) is 48.5 Å². The Morgan fingerprint density at radius 3 is 2.38 bits per heavy atom. The minimum absolute atomic E-state index is 0.00314. The minimum atomic E-state index is -0.00314. The van der Waals surface area contributed by atoms with Crippen molar-refractivity contribution in [2.45, 2.75) is 43.8 Å². The quantitative estimate of drug-likeness (QED) is 0.916. The van der Waals surface area contributed by atoms with Gasteiger partial charge in [-0.25, -0.2) is 4.98 Å². The standard InChI is InChI=1S/C16H24N4O/c1-19(2)16(21)11-4-7-15(17-10-11)20(3)14-8-12-5-6-13(9-14)18-12/h4,7,10,12-14,18H,5-6,8-9H2,1-3H3. The first-order valence-electron chi connectivity index (χ1n) is 7.71. The first-order valence-corrected chi connectivity index (χ1v) is 7.71. The molecule has 0 aromatic carbocycles. The average Bonchev–Trinajstić information content (AvgIpc) is 2.84. The maximum absolute atomic E-state index is 11.9. The van der Waals surface area contributed by atoms with E-state index in [9.17, 15) is 4.79 Å². The molecule has 1 aromatic heterocycles. The Kier molecular flexibility index (Phi) is 3.85. The van der Waals surface area contributed by atoms with E-state index in [0.29, 0.717) is 23.7 Å². The van der Waals surface area contributed by atoms with Crippen LogP contribution in [-0.2, 0) is 0 Å². The highest BCUT2D eigenvalue weighted by Crippen LogP contribution is 2.30. The highest BCUT2D eigenvalue weighted by molar-refractivity contribution is 5.93. The number of carbonyl (C=O) groups excluding carboxylic acids is 1. The van der Waals surface area contributed by atoms with E-state index in [1.54, 1.807) is 25.2 Å². The monoisotopic (exact) mass is 288 g/mol. The Bertz CT molecular complexity index is 502. The fourth-order valence-corrected chi connectivity index (χ4v) is 3.51. The number of amides is 1. The van der Waals surface area contributed by atoms with Crippen LogP contribution in [0.2, 0.25) is 0 Å². The number of nitrogens with zero attached hydrogens (tertiary/aromatic N) is 3. The molecule has 0 saturated carbocycles. The van der Waals surface area contributed by atoms with Crippen molar-refractivity contribution in [3.63, 3.8) is 0 Å². The van der Waals surface area contributed by atoms with Crippen molar-refractivity contribution in [1.29, 1.82) is 0 Å². The molecule has 114 valence electrons. The van der Waals surface area contributed by atoms with Gasteiger partial charge in [-0.15, -0.1) is 0 Å². The lowest BCUT2D eigenvalue weighted by Gasteiger charge is -2.36. The summed E-state index contributed by atoms with van der Waals surface area (Å²) in [5.41, 5.74) is 0.641. The third-order valence-electron chi connectivity index (χ3n) is 4.76. The van der Waals surface area contributed by atoms with Gasteiger partial charge in [-0.05, 0) is 37.8 Å². The largest absolute Gasteiger partial charge is 0.357 e. The van der Waals surface area contributed by atoms with Gasteiger partial charge in [-0.1, -0.05) is 0 Å². The van der Waals surface area contributed by atoms with Crippen molar-refractivity contribution in [2.24, 2.45) is 0 Å². The molecule has 1 amide bonds. The van der Waals surface area contributed by atoms with Crippen LogP contribution in [0.3, 0.4) is 0 Å². The fraction of sp³-hybridized carbons (Fsp3) is 0.625. The maximum atomic E-state index is 11.9. The zero-order chi connectivity index (χ0) is 15.0. The highest BCUT2D eigenvalue weighted by Gasteiger charge is 2.35. The summed E-state index contributed by atoms with van der Waals surface area (Å²) in [5, 5.41) is 3.67. The third kappa shape index (κ3) is 2.88. The van der Waals surface area contributed by atoms with Crippen molar-refractivity contribution in [3.8, 4) is 0 Å². The molecule has 2 saturated heterocycles. The van der Waals surface area contributed by atoms with Gasteiger partial charge in [0.2, 0.25) is 0 Å². The number of rotatable bonds is 3. The number of piperidine rings is 1. The number of fused-ring (bicyclic) bond motifs is 2. The Morgan fingerprint density at radius 1 is 1.19 bits per heavy atom. The fourth-order valence-electron chi connectivity index (χ4n) is 3.51. The lowest BCUT2D eigenvalue weighted by molar-refractivity contribution is 0.0827. The van der Waals surface area contributed by atoms with Gasteiger partial charge in [0.1, 0.15) is 5.82 Å². The molecule has 0 spiro atoms. The molecule has 2 bridgehead atoms. The minimum Gasteiger partial charge on any atom is -0.357 e. The van der Waals surface area contributed by atoms with Crippen molar-refractivity contribution in [2.75, 3.05) is 26.0 Å². The van der Waals surface area contributed by atoms with Crippen molar-refractivity contribution < 1.29 is 4.79 Å². The van der Waals surface area contributed by atoms with Gasteiger partial charge in [-0.2, -0.15) is 0 Å². The van der Waals surface area contributed by atoms with Crippen LogP contribution in [0.25, 0.3) is 0 Å². The molecule has 2 atom stereocenters. The molecule has 0 radical (unpaired) electrons. The van der Waals surface area contributed by atoms with E-state index in [-0.39, 0.29) is 5.91 Å². The number of anilines is 1. The number of hydrogen-bond donors (Lipinski definition) is 1. The van der Waals surface area contributed by atoms with Crippen LogP contribution in [0, 0.1) is 0 Å². The van der Waals surface area contributed by atoms with Crippen LogP contribution in [0.15, 0.2) is 18.3 Å². The lowest BCUT2D eigenvalue weighted by Crippen LogP contribution is -2.47. The summed E-state index contributed by atoms with van der Waals surface area (Å²) < 4.78 is 0. The highest BCUT2D eigenvalue weighted by atomic mass is 16.2. The summed E-state index contributed by atoms with van der Waals surface area (Å²) in [6.45, 7) is 0. The van der Waals surface area contributed by atoms with Gasteiger partial charge in [0.25, 0.3) is 5.91 Å². The van der Waals surface area contributed by atoms with Crippen LogP contribution in [0.4, 0.5) is 5.82 Å². The molecule has 5 nitrogen and oxygen atoms in total. The molecule has 1 N–H and O–H groups in total. The smallest absolute Gasteiger partial charge is 0.254 e. The van der Waals surface area contributed by atoms with E-state index in [4.69, 9.17) is 0 Å². The predicted octanol–water partition coefficient (Wildman–Crippen LogP) is 1.50. The number of hydrogen-bond acceptors (Lipinski definition) is 4. The van der Waals surface area contributed by atoms with Crippen LogP contribution in [0.1, 0.15) is 36.0 Å².